The molecular formula is C23H31N3S. The van der Waals surface area contributed by atoms with E-state index in [1.165, 1.54) is 28.1 Å². The Morgan fingerprint density at radius 1 is 1.07 bits per heavy atom. The number of para-hydroxylation sites is 1. The first-order valence-electron chi connectivity index (χ1n) is 10.0. The van der Waals surface area contributed by atoms with Crippen LogP contribution in [-0.4, -0.2) is 35.7 Å². The maximum atomic E-state index is 5.80. The van der Waals surface area contributed by atoms with Gasteiger partial charge in [-0.05, 0) is 67.7 Å². The van der Waals surface area contributed by atoms with Gasteiger partial charge in [-0.3, -0.25) is 0 Å². The van der Waals surface area contributed by atoms with E-state index < -0.39 is 0 Å². The lowest BCUT2D eigenvalue weighted by molar-refractivity contribution is 0.342. The molecule has 3 nitrogen and oxygen atoms in total. The first kappa shape index (κ1) is 19.7. The summed E-state index contributed by atoms with van der Waals surface area (Å²) in [5, 5.41) is 4.42. The number of nitrogens with zero attached hydrogens (tertiary/aromatic N) is 2. The van der Waals surface area contributed by atoms with E-state index in [0.29, 0.717) is 6.04 Å². The monoisotopic (exact) mass is 381 g/mol. The predicted molar refractivity (Wildman–Crippen MR) is 121 cm³/mol. The number of hydrogen-bond donors (Lipinski definition) is 1. The molecule has 1 saturated heterocycles. The zero-order valence-corrected chi connectivity index (χ0v) is 17.8. The number of nitrogens with one attached hydrogen (secondary N) is 1. The zero-order valence-electron chi connectivity index (χ0n) is 17.0. The Bertz CT molecular complexity index is 780. The van der Waals surface area contributed by atoms with Crippen molar-refractivity contribution in [1.29, 1.82) is 0 Å². The number of thiocarbonyl (C=S) groups is 1. The van der Waals surface area contributed by atoms with Gasteiger partial charge in [0.15, 0.2) is 5.11 Å². The first-order valence-corrected chi connectivity index (χ1v) is 10.4. The second-order valence-electron chi connectivity index (χ2n) is 7.42. The van der Waals surface area contributed by atoms with E-state index in [2.05, 4.69) is 85.3 Å². The van der Waals surface area contributed by atoms with Crippen LogP contribution in [0.25, 0.3) is 0 Å². The van der Waals surface area contributed by atoms with Gasteiger partial charge in [-0.25, -0.2) is 0 Å². The lowest BCUT2D eigenvalue weighted by Crippen LogP contribution is -2.54. The van der Waals surface area contributed by atoms with Crippen LogP contribution in [0.15, 0.2) is 42.5 Å². The first-order chi connectivity index (χ1) is 13.0. The van der Waals surface area contributed by atoms with Crippen LogP contribution in [0.2, 0.25) is 0 Å². The van der Waals surface area contributed by atoms with E-state index in [1.807, 2.05) is 0 Å². The molecule has 1 atom stereocenters. The molecule has 1 heterocycles. The minimum absolute atomic E-state index is 0.423. The summed E-state index contributed by atoms with van der Waals surface area (Å²) in [6, 6.07) is 15.7. The van der Waals surface area contributed by atoms with Gasteiger partial charge in [0.25, 0.3) is 0 Å². The van der Waals surface area contributed by atoms with Gasteiger partial charge in [-0.15, -0.1) is 0 Å². The van der Waals surface area contributed by atoms with Gasteiger partial charge in [0, 0.05) is 37.1 Å². The molecule has 27 heavy (non-hydrogen) atoms. The van der Waals surface area contributed by atoms with Crippen LogP contribution in [0.5, 0.6) is 0 Å². The number of benzene rings is 2. The summed E-state index contributed by atoms with van der Waals surface area (Å²) in [7, 11) is 0. The second-order valence-corrected chi connectivity index (χ2v) is 7.80. The van der Waals surface area contributed by atoms with Crippen molar-refractivity contribution in [3.05, 3.63) is 59.2 Å². The molecule has 0 spiro atoms. The van der Waals surface area contributed by atoms with Crippen LogP contribution in [0, 0.1) is 6.92 Å². The fraction of sp³-hybridized carbons (Fsp3) is 0.435. The lowest BCUT2D eigenvalue weighted by atomic mass is 10.0. The van der Waals surface area contributed by atoms with Crippen molar-refractivity contribution in [2.75, 3.05) is 29.9 Å². The van der Waals surface area contributed by atoms with Crippen LogP contribution in [0.3, 0.4) is 0 Å². The maximum Gasteiger partial charge on any atom is 0.173 e. The molecule has 0 aromatic heterocycles. The summed E-state index contributed by atoms with van der Waals surface area (Å²) < 4.78 is 0. The van der Waals surface area contributed by atoms with E-state index in [-0.39, 0.29) is 0 Å². The largest absolute Gasteiger partial charge is 0.365 e. The average molecular weight is 382 g/mol. The third kappa shape index (κ3) is 4.44. The third-order valence-electron chi connectivity index (χ3n) is 5.48. The summed E-state index contributed by atoms with van der Waals surface area (Å²) in [4.78, 5) is 4.81. The Morgan fingerprint density at radius 2 is 1.74 bits per heavy atom. The molecular weight excluding hydrogens is 350 g/mol. The van der Waals surface area contributed by atoms with Crippen molar-refractivity contribution in [2.45, 2.75) is 46.6 Å². The van der Waals surface area contributed by atoms with Crippen molar-refractivity contribution in [3.63, 3.8) is 0 Å². The summed E-state index contributed by atoms with van der Waals surface area (Å²) >= 11 is 5.80. The lowest BCUT2D eigenvalue weighted by Gasteiger charge is -2.42. The van der Waals surface area contributed by atoms with Crippen molar-refractivity contribution < 1.29 is 0 Å². The van der Waals surface area contributed by atoms with Crippen LogP contribution in [0.1, 0.15) is 37.5 Å². The Labute approximate surface area is 169 Å². The Kier molecular flexibility index (Phi) is 6.38. The highest BCUT2D eigenvalue weighted by atomic mass is 32.1. The number of anilines is 2. The molecule has 2 aromatic carbocycles. The smallest absolute Gasteiger partial charge is 0.173 e. The number of piperazine rings is 1. The summed E-state index contributed by atoms with van der Waals surface area (Å²) in [6.45, 7) is 11.7. The van der Waals surface area contributed by atoms with E-state index in [4.69, 9.17) is 12.2 Å². The molecule has 1 aliphatic heterocycles. The summed E-state index contributed by atoms with van der Waals surface area (Å²) in [5.41, 5.74) is 6.50. The molecule has 1 unspecified atom stereocenters. The molecule has 4 heteroatoms. The van der Waals surface area contributed by atoms with Gasteiger partial charge in [0.1, 0.15) is 0 Å². The van der Waals surface area contributed by atoms with Crippen LogP contribution >= 0.6 is 12.2 Å². The zero-order chi connectivity index (χ0) is 19.4. The maximum absolute atomic E-state index is 5.80. The van der Waals surface area contributed by atoms with Crippen molar-refractivity contribution in [2.24, 2.45) is 0 Å². The molecule has 0 bridgehead atoms. The van der Waals surface area contributed by atoms with Crippen LogP contribution in [-0.2, 0) is 12.8 Å². The quantitative estimate of drug-likeness (QED) is 0.749. The normalized spacial score (nSPS) is 17.1. The van der Waals surface area contributed by atoms with E-state index in [0.717, 1.165) is 37.6 Å². The molecule has 0 aliphatic carbocycles. The minimum atomic E-state index is 0.423. The fourth-order valence-electron chi connectivity index (χ4n) is 3.92. The standard InChI is InChI=1S/C23H31N3S/c1-5-19-10-8-11-20(6-2)22(19)24-23(27)25-13-14-26(18(4)16-25)21-12-7-9-17(3)15-21/h7-12,15,18H,5-6,13-14,16H2,1-4H3,(H,24,27). The van der Waals surface area contributed by atoms with E-state index in [9.17, 15) is 0 Å². The minimum Gasteiger partial charge on any atom is -0.365 e. The molecule has 0 saturated carbocycles. The number of aryl methyl sites for hydroxylation is 3. The van der Waals surface area contributed by atoms with Crippen LogP contribution < -0.4 is 10.2 Å². The topological polar surface area (TPSA) is 18.5 Å². The van der Waals surface area contributed by atoms with Gasteiger partial charge in [0.2, 0.25) is 0 Å². The Morgan fingerprint density at radius 3 is 2.33 bits per heavy atom. The van der Waals surface area contributed by atoms with Gasteiger partial charge in [-0.1, -0.05) is 44.2 Å². The number of rotatable bonds is 4. The molecule has 0 amide bonds. The molecule has 144 valence electrons. The SMILES string of the molecule is CCc1cccc(CC)c1NC(=S)N1CCN(c2cccc(C)c2)C(C)C1. The summed E-state index contributed by atoms with van der Waals surface area (Å²) in [5.74, 6) is 0. The second kappa shape index (κ2) is 8.75. The highest BCUT2D eigenvalue weighted by Crippen LogP contribution is 2.25. The van der Waals surface area contributed by atoms with Gasteiger partial charge >= 0.3 is 0 Å². The molecule has 1 aliphatic rings. The number of hydrogen-bond acceptors (Lipinski definition) is 2. The average Bonchev–Trinajstić information content (AvgIpc) is 2.67. The highest BCUT2D eigenvalue weighted by Gasteiger charge is 2.25. The third-order valence-corrected chi connectivity index (χ3v) is 5.84. The predicted octanol–water partition coefficient (Wildman–Crippen LogP) is 5.03. The van der Waals surface area contributed by atoms with Crippen molar-refractivity contribution >= 4 is 28.7 Å². The highest BCUT2D eigenvalue weighted by molar-refractivity contribution is 7.80. The van der Waals surface area contributed by atoms with Crippen molar-refractivity contribution in [3.8, 4) is 0 Å². The molecule has 3 rings (SSSR count). The van der Waals surface area contributed by atoms with Gasteiger partial charge < -0.3 is 15.1 Å². The summed E-state index contributed by atoms with van der Waals surface area (Å²) in [6.07, 6.45) is 2.02. The van der Waals surface area contributed by atoms with E-state index in [1.54, 1.807) is 0 Å². The van der Waals surface area contributed by atoms with Gasteiger partial charge in [-0.2, -0.15) is 0 Å². The Balaban J connectivity index is 1.70. The molecule has 1 fully saturated rings. The molecule has 2 aromatic rings. The van der Waals surface area contributed by atoms with Gasteiger partial charge in [0.05, 0.1) is 0 Å². The van der Waals surface area contributed by atoms with Crippen LogP contribution in [0.4, 0.5) is 11.4 Å². The molecule has 1 N–H and O–H groups in total. The van der Waals surface area contributed by atoms with Crippen molar-refractivity contribution in [1.82, 2.24) is 4.90 Å². The Hall–Kier alpha value is -2.07. The van der Waals surface area contributed by atoms with E-state index >= 15 is 0 Å². The fourth-order valence-corrected chi connectivity index (χ4v) is 4.19. The molecule has 0 radical (unpaired) electrons.